The van der Waals surface area contributed by atoms with Crippen LogP contribution in [-0.4, -0.2) is 4.98 Å². The summed E-state index contributed by atoms with van der Waals surface area (Å²) in [5, 5.41) is 14.1. The summed E-state index contributed by atoms with van der Waals surface area (Å²) < 4.78 is 0. The van der Waals surface area contributed by atoms with E-state index in [0.717, 1.165) is 11.3 Å². The molecule has 0 fully saturated rings. The van der Waals surface area contributed by atoms with E-state index in [0.29, 0.717) is 22.4 Å². The highest BCUT2D eigenvalue weighted by Gasteiger charge is 2.33. The van der Waals surface area contributed by atoms with E-state index in [1.54, 1.807) is 24.5 Å². The summed E-state index contributed by atoms with van der Waals surface area (Å²) in [6, 6.07) is 11.4. The third-order valence-electron chi connectivity index (χ3n) is 3.34. The maximum atomic E-state index is 9.86. The number of hydrogen-bond acceptors (Lipinski definition) is 3. The van der Waals surface area contributed by atoms with Gasteiger partial charge in [0.1, 0.15) is 0 Å². The maximum absolute atomic E-state index is 9.86. The predicted molar refractivity (Wildman–Crippen MR) is 91.1 cm³/mol. The van der Waals surface area contributed by atoms with E-state index in [-0.39, 0.29) is 0 Å². The molecule has 0 aliphatic heterocycles. The highest BCUT2D eigenvalue weighted by atomic mass is 35.5. The van der Waals surface area contributed by atoms with E-state index in [1.165, 1.54) is 0 Å². The van der Waals surface area contributed by atoms with Gasteiger partial charge in [0.2, 0.25) is 0 Å². The second-order valence-electron chi connectivity index (χ2n) is 5.61. The van der Waals surface area contributed by atoms with E-state index < -0.39 is 5.54 Å². The first-order chi connectivity index (χ1) is 10.5. The van der Waals surface area contributed by atoms with Crippen LogP contribution in [0.2, 0.25) is 10.0 Å². The first-order valence-corrected chi connectivity index (χ1v) is 7.77. The number of halogens is 2. The Morgan fingerprint density at radius 2 is 2.05 bits per heavy atom. The molecule has 0 aliphatic carbocycles. The Kier molecular flexibility index (Phi) is 5.28. The van der Waals surface area contributed by atoms with Crippen molar-refractivity contribution >= 4 is 28.9 Å². The Bertz CT molecular complexity index is 680. The molecule has 114 valence electrons. The Labute approximate surface area is 140 Å². The molecule has 0 saturated carbocycles. The minimum absolute atomic E-state index is 0.329. The van der Waals surface area contributed by atoms with Crippen molar-refractivity contribution in [3.05, 3.63) is 58.3 Å². The number of nitrogens with zero attached hydrogens (tertiary/aromatic N) is 2. The van der Waals surface area contributed by atoms with Crippen LogP contribution < -0.4 is 5.32 Å². The molecule has 2 rings (SSSR count). The summed E-state index contributed by atoms with van der Waals surface area (Å²) in [5.74, 6) is 0.329. The average Bonchev–Trinajstić information content (AvgIpc) is 2.50. The Balaban J connectivity index is 2.44. The van der Waals surface area contributed by atoms with Gasteiger partial charge in [-0.15, -0.1) is 0 Å². The summed E-state index contributed by atoms with van der Waals surface area (Å²) in [4.78, 5) is 4.14. The third kappa shape index (κ3) is 3.71. The number of benzene rings is 1. The fourth-order valence-corrected chi connectivity index (χ4v) is 2.73. The molecule has 1 heterocycles. The van der Waals surface area contributed by atoms with Gasteiger partial charge in [0.25, 0.3) is 0 Å². The molecule has 0 saturated heterocycles. The molecule has 3 nitrogen and oxygen atoms in total. The van der Waals surface area contributed by atoms with Gasteiger partial charge in [-0.05, 0) is 36.6 Å². The fourth-order valence-electron chi connectivity index (χ4n) is 2.43. The van der Waals surface area contributed by atoms with Gasteiger partial charge in [-0.1, -0.05) is 43.1 Å². The van der Waals surface area contributed by atoms with E-state index >= 15 is 0 Å². The van der Waals surface area contributed by atoms with E-state index in [1.807, 2.05) is 18.2 Å². The summed E-state index contributed by atoms with van der Waals surface area (Å²) in [6.07, 6.45) is 4.06. The lowest BCUT2D eigenvalue weighted by atomic mass is 9.84. The smallest absolute Gasteiger partial charge is 0.152 e. The molecule has 0 radical (unpaired) electrons. The molecule has 1 aromatic heterocycles. The number of nitriles is 1. The lowest BCUT2D eigenvalue weighted by molar-refractivity contribution is 0.458. The van der Waals surface area contributed by atoms with Crippen molar-refractivity contribution in [2.45, 2.75) is 25.8 Å². The lowest BCUT2D eigenvalue weighted by Crippen LogP contribution is -2.35. The number of pyridine rings is 1. The van der Waals surface area contributed by atoms with Crippen LogP contribution in [0.3, 0.4) is 0 Å². The Morgan fingerprint density at radius 1 is 1.27 bits per heavy atom. The SMILES string of the molecule is CC(C)CC(C#N)(Nc1ccc(Cl)c(Cl)c1)c1cccnc1. The van der Waals surface area contributed by atoms with Gasteiger partial charge in [0, 0.05) is 23.6 Å². The van der Waals surface area contributed by atoms with Crippen LogP contribution in [0.25, 0.3) is 0 Å². The highest BCUT2D eigenvalue weighted by molar-refractivity contribution is 6.42. The van der Waals surface area contributed by atoms with E-state index in [4.69, 9.17) is 23.2 Å². The summed E-state index contributed by atoms with van der Waals surface area (Å²) in [5.41, 5.74) is 0.720. The Hall–Kier alpha value is -1.76. The van der Waals surface area contributed by atoms with Gasteiger partial charge in [-0.25, -0.2) is 0 Å². The monoisotopic (exact) mass is 333 g/mol. The number of hydrogen-bond donors (Lipinski definition) is 1. The molecule has 1 aromatic carbocycles. The van der Waals surface area contributed by atoms with E-state index in [2.05, 4.69) is 30.2 Å². The van der Waals surface area contributed by atoms with Crippen LogP contribution in [0.4, 0.5) is 5.69 Å². The summed E-state index contributed by atoms with van der Waals surface area (Å²) in [7, 11) is 0. The zero-order valence-corrected chi connectivity index (χ0v) is 14.0. The molecule has 1 atom stereocenters. The standard InChI is InChI=1S/C17H17Cl2N3/c1-12(2)9-17(11-20,13-4-3-7-21-10-13)22-14-5-6-15(18)16(19)8-14/h3-8,10,12,22H,9H2,1-2H3. The first-order valence-electron chi connectivity index (χ1n) is 7.02. The van der Waals surface area contributed by atoms with Crippen LogP contribution in [0.15, 0.2) is 42.7 Å². The van der Waals surface area contributed by atoms with Crippen molar-refractivity contribution in [1.82, 2.24) is 4.98 Å². The highest BCUT2D eigenvalue weighted by Crippen LogP contribution is 2.34. The third-order valence-corrected chi connectivity index (χ3v) is 4.08. The first kappa shape index (κ1) is 16.6. The summed E-state index contributed by atoms with van der Waals surface area (Å²) >= 11 is 12.0. The zero-order chi connectivity index (χ0) is 16.2. The summed E-state index contributed by atoms with van der Waals surface area (Å²) in [6.45, 7) is 4.16. The molecular formula is C17H17Cl2N3. The van der Waals surface area contributed by atoms with Gasteiger partial charge in [-0.2, -0.15) is 5.26 Å². The van der Waals surface area contributed by atoms with Crippen molar-refractivity contribution in [3.63, 3.8) is 0 Å². The second kappa shape index (κ2) is 7.00. The Morgan fingerprint density at radius 3 is 2.59 bits per heavy atom. The van der Waals surface area contributed by atoms with Gasteiger partial charge >= 0.3 is 0 Å². The average molecular weight is 334 g/mol. The van der Waals surface area contributed by atoms with Crippen LogP contribution in [0, 0.1) is 17.2 Å². The van der Waals surface area contributed by atoms with Gasteiger partial charge in [0.05, 0.1) is 16.1 Å². The fraction of sp³-hybridized carbons (Fsp3) is 0.294. The number of aromatic nitrogens is 1. The van der Waals surface area contributed by atoms with Crippen molar-refractivity contribution in [3.8, 4) is 6.07 Å². The predicted octanol–water partition coefficient (Wildman–Crippen LogP) is 5.27. The van der Waals surface area contributed by atoms with Gasteiger partial charge in [0.15, 0.2) is 5.54 Å². The molecular weight excluding hydrogens is 317 g/mol. The van der Waals surface area contributed by atoms with Crippen molar-refractivity contribution in [2.24, 2.45) is 5.92 Å². The van der Waals surface area contributed by atoms with Crippen LogP contribution in [0.1, 0.15) is 25.8 Å². The lowest BCUT2D eigenvalue weighted by Gasteiger charge is -2.31. The second-order valence-corrected chi connectivity index (χ2v) is 6.43. The number of rotatable bonds is 5. The minimum atomic E-state index is -0.862. The number of anilines is 1. The molecule has 0 amide bonds. The van der Waals surface area contributed by atoms with Crippen molar-refractivity contribution in [2.75, 3.05) is 5.32 Å². The van der Waals surface area contributed by atoms with Gasteiger partial charge < -0.3 is 5.32 Å². The van der Waals surface area contributed by atoms with Crippen LogP contribution >= 0.6 is 23.2 Å². The van der Waals surface area contributed by atoms with Crippen molar-refractivity contribution in [1.29, 1.82) is 5.26 Å². The molecule has 1 N–H and O–H groups in total. The van der Waals surface area contributed by atoms with Gasteiger partial charge in [-0.3, -0.25) is 4.98 Å². The van der Waals surface area contributed by atoms with Crippen molar-refractivity contribution < 1.29 is 0 Å². The van der Waals surface area contributed by atoms with Crippen LogP contribution in [-0.2, 0) is 5.54 Å². The molecule has 1 unspecified atom stereocenters. The molecule has 2 aromatic rings. The quantitative estimate of drug-likeness (QED) is 0.811. The molecule has 5 heteroatoms. The normalized spacial score (nSPS) is 13.5. The largest absolute Gasteiger partial charge is 0.364 e. The minimum Gasteiger partial charge on any atom is -0.364 e. The maximum Gasteiger partial charge on any atom is 0.152 e. The topological polar surface area (TPSA) is 48.7 Å². The van der Waals surface area contributed by atoms with E-state index in [9.17, 15) is 5.26 Å². The zero-order valence-electron chi connectivity index (χ0n) is 12.5. The molecule has 0 spiro atoms. The molecule has 22 heavy (non-hydrogen) atoms. The van der Waals surface area contributed by atoms with Crippen LogP contribution in [0.5, 0.6) is 0 Å². The molecule has 0 bridgehead atoms. The molecule has 0 aliphatic rings. The number of nitrogens with one attached hydrogen (secondary N) is 1.